The van der Waals surface area contributed by atoms with E-state index in [4.69, 9.17) is 23.2 Å². The number of hydrogen-bond acceptors (Lipinski definition) is 8. The molecule has 0 amide bonds. The zero-order valence-corrected chi connectivity index (χ0v) is 23.7. The Hall–Kier alpha value is -3.00. The highest BCUT2D eigenvalue weighted by molar-refractivity contribution is 7.84. The van der Waals surface area contributed by atoms with Crippen LogP contribution in [0.5, 0.6) is 0 Å². The minimum atomic E-state index is -3.24. The third-order valence-corrected chi connectivity index (χ3v) is 7.20. The fourth-order valence-electron chi connectivity index (χ4n) is 3.72. The summed E-state index contributed by atoms with van der Waals surface area (Å²) in [6.45, 7) is 5.16. The molecular weight excluding hydrogens is 572 g/mol. The summed E-state index contributed by atoms with van der Waals surface area (Å²) in [7, 11) is -1.59. The van der Waals surface area contributed by atoms with Gasteiger partial charge in [0, 0.05) is 29.9 Å². The van der Waals surface area contributed by atoms with Gasteiger partial charge in [0.15, 0.2) is 0 Å². The van der Waals surface area contributed by atoms with Crippen molar-refractivity contribution in [3.63, 3.8) is 0 Å². The predicted molar refractivity (Wildman–Crippen MR) is 147 cm³/mol. The van der Waals surface area contributed by atoms with Crippen LogP contribution in [-0.2, 0) is 23.3 Å². The van der Waals surface area contributed by atoms with Gasteiger partial charge in [-0.25, -0.2) is 4.39 Å². The third kappa shape index (κ3) is 6.96. The number of hydrogen-bond donors (Lipinski definition) is 3. The molecule has 2 heterocycles. The minimum absolute atomic E-state index is 0.00907. The second kappa shape index (κ2) is 12.5. The van der Waals surface area contributed by atoms with Crippen LogP contribution in [0.3, 0.4) is 0 Å². The van der Waals surface area contributed by atoms with Crippen molar-refractivity contribution in [1.29, 1.82) is 0 Å². The number of aromatic nitrogens is 4. The average molecular weight is 598 g/mol. The second-order valence-corrected chi connectivity index (χ2v) is 10.7. The lowest BCUT2D eigenvalue weighted by Crippen LogP contribution is -2.34. The predicted octanol–water partition coefficient (Wildman–Crippen LogP) is 3.23. The Morgan fingerprint density at radius 2 is 2.03 bits per heavy atom. The van der Waals surface area contributed by atoms with E-state index in [0.717, 1.165) is 0 Å². The summed E-state index contributed by atoms with van der Waals surface area (Å²) in [5, 5.41) is 34.9. The molecule has 3 rings (SSSR count). The SMILES string of the molecule is C/C=C/N=C(/C(Cl)=C/n1c(C)cc(C(C)Cc2cnn(C(O)(O)O)n2)c(Cl)c1=O)c1cccc(S(C)=O)c1F. The molecule has 14 heteroatoms. The van der Waals surface area contributed by atoms with Crippen LogP contribution in [0.15, 0.2) is 62.5 Å². The number of aliphatic imine (C=N–C) groups is 1. The van der Waals surface area contributed by atoms with Crippen molar-refractivity contribution in [1.82, 2.24) is 19.6 Å². The molecule has 208 valence electrons. The Morgan fingerprint density at radius 3 is 2.62 bits per heavy atom. The van der Waals surface area contributed by atoms with E-state index in [9.17, 15) is 24.3 Å². The van der Waals surface area contributed by atoms with Crippen LogP contribution in [0.4, 0.5) is 4.39 Å². The molecular formula is C25H26Cl2FN5O5S. The Morgan fingerprint density at radius 1 is 1.33 bits per heavy atom. The molecule has 0 aliphatic heterocycles. The van der Waals surface area contributed by atoms with Gasteiger partial charge in [0.1, 0.15) is 10.8 Å². The second-order valence-electron chi connectivity index (χ2n) is 8.57. The molecule has 0 aliphatic carbocycles. The van der Waals surface area contributed by atoms with Crippen molar-refractivity contribution in [2.45, 2.75) is 44.1 Å². The van der Waals surface area contributed by atoms with Crippen LogP contribution in [0, 0.1) is 12.7 Å². The average Bonchev–Trinajstić information content (AvgIpc) is 3.34. The van der Waals surface area contributed by atoms with Gasteiger partial charge in [-0.1, -0.05) is 47.1 Å². The lowest BCUT2D eigenvalue weighted by molar-refractivity contribution is -0.387. The summed E-state index contributed by atoms with van der Waals surface area (Å²) in [6, 6.07) is 6.07. The maximum absolute atomic E-state index is 15.2. The lowest BCUT2D eigenvalue weighted by atomic mass is 9.96. The summed E-state index contributed by atoms with van der Waals surface area (Å²) < 4.78 is 28.3. The topological polar surface area (TPSA) is 143 Å². The van der Waals surface area contributed by atoms with Crippen molar-refractivity contribution < 1.29 is 23.9 Å². The fraction of sp³-hybridized carbons (Fsp3) is 0.280. The first kappa shape index (κ1) is 30.5. The van der Waals surface area contributed by atoms with E-state index in [-0.39, 0.29) is 38.6 Å². The quantitative estimate of drug-likeness (QED) is 0.254. The minimum Gasteiger partial charge on any atom is -0.323 e. The van der Waals surface area contributed by atoms with E-state index in [1.165, 1.54) is 47.6 Å². The van der Waals surface area contributed by atoms with E-state index in [0.29, 0.717) is 21.7 Å². The van der Waals surface area contributed by atoms with Gasteiger partial charge in [-0.3, -0.25) is 18.6 Å². The van der Waals surface area contributed by atoms with Gasteiger partial charge < -0.3 is 15.3 Å². The van der Waals surface area contributed by atoms with E-state index in [1.807, 2.05) is 0 Å². The van der Waals surface area contributed by atoms with Crippen LogP contribution in [0.25, 0.3) is 6.20 Å². The summed E-state index contributed by atoms with van der Waals surface area (Å²) in [6.07, 6.45) is 3.89. The van der Waals surface area contributed by atoms with E-state index >= 15 is 4.39 Å². The molecule has 3 aromatic rings. The molecule has 0 bridgehead atoms. The fourth-order valence-corrected chi connectivity index (χ4v) is 4.93. The van der Waals surface area contributed by atoms with Gasteiger partial charge in [0.05, 0.1) is 38.3 Å². The van der Waals surface area contributed by atoms with Crippen LogP contribution >= 0.6 is 23.2 Å². The standard InChI is InChI=1S/C25H26Cl2FN5O5S/c1-5-9-29-23(17-7-6-8-20(22(17)28)39(4)38)19(26)13-32-15(3)11-18(21(27)24(32)34)14(2)10-16-12-30-33(31-16)25(35,36)37/h5-9,11-14,35-37H,10H2,1-4H3/b9-5+,19-13-,29-23+. The zero-order valence-electron chi connectivity index (χ0n) is 21.3. The van der Waals surface area contributed by atoms with Gasteiger partial charge in [-0.05, 0) is 49.9 Å². The van der Waals surface area contributed by atoms with Crippen molar-refractivity contribution in [2.75, 3.05) is 6.26 Å². The number of nitrogens with zero attached hydrogens (tertiary/aromatic N) is 5. The Bertz CT molecular complexity index is 1560. The Labute approximate surface area is 235 Å². The largest absolute Gasteiger partial charge is 0.405 e. The number of pyridine rings is 1. The molecule has 2 aromatic heterocycles. The molecule has 2 atom stereocenters. The smallest absolute Gasteiger partial charge is 0.323 e. The molecule has 0 radical (unpaired) electrons. The van der Waals surface area contributed by atoms with Crippen LogP contribution in [0.1, 0.15) is 42.3 Å². The normalized spacial score (nSPS) is 14.7. The first-order valence-corrected chi connectivity index (χ1v) is 13.8. The molecule has 10 nitrogen and oxygen atoms in total. The van der Waals surface area contributed by atoms with Crippen molar-refractivity contribution in [3.05, 3.63) is 91.5 Å². The maximum atomic E-state index is 15.2. The molecule has 39 heavy (non-hydrogen) atoms. The van der Waals surface area contributed by atoms with Gasteiger partial charge in [0.2, 0.25) is 0 Å². The summed E-state index contributed by atoms with van der Waals surface area (Å²) in [5.74, 6) is -1.09. The Balaban J connectivity index is 2.03. The van der Waals surface area contributed by atoms with Gasteiger partial charge >= 0.3 is 6.10 Å². The number of halogens is 3. The van der Waals surface area contributed by atoms with Crippen molar-refractivity contribution in [2.24, 2.45) is 4.99 Å². The highest BCUT2D eigenvalue weighted by Crippen LogP contribution is 2.27. The van der Waals surface area contributed by atoms with E-state index in [1.54, 1.807) is 32.9 Å². The van der Waals surface area contributed by atoms with Crippen molar-refractivity contribution >= 4 is 45.9 Å². The lowest BCUT2D eigenvalue weighted by Gasteiger charge is -2.16. The van der Waals surface area contributed by atoms with Gasteiger partial charge in [-0.2, -0.15) is 10.2 Å². The molecule has 0 saturated carbocycles. The highest BCUT2D eigenvalue weighted by Gasteiger charge is 2.25. The number of aryl methyl sites for hydroxylation is 1. The molecule has 0 saturated heterocycles. The van der Waals surface area contributed by atoms with Crippen molar-refractivity contribution in [3.8, 4) is 0 Å². The van der Waals surface area contributed by atoms with Crippen LogP contribution in [-0.4, -0.2) is 51.1 Å². The Kier molecular flexibility index (Phi) is 9.75. The molecule has 3 N–H and O–H groups in total. The first-order chi connectivity index (χ1) is 18.3. The van der Waals surface area contributed by atoms with E-state index in [2.05, 4.69) is 15.2 Å². The summed E-state index contributed by atoms with van der Waals surface area (Å²) >= 11 is 13.0. The van der Waals surface area contributed by atoms with Crippen LogP contribution in [0.2, 0.25) is 5.02 Å². The first-order valence-electron chi connectivity index (χ1n) is 11.5. The number of allylic oxidation sites excluding steroid dienone is 2. The van der Waals surface area contributed by atoms with Gasteiger partial charge in [0.25, 0.3) is 5.56 Å². The number of rotatable bonds is 9. The molecule has 0 aliphatic rings. The zero-order chi connectivity index (χ0) is 29.1. The van der Waals surface area contributed by atoms with Gasteiger partial charge in [-0.15, -0.1) is 0 Å². The molecule has 0 fully saturated rings. The third-order valence-electron chi connectivity index (χ3n) is 5.61. The highest BCUT2D eigenvalue weighted by atomic mass is 35.5. The number of aliphatic hydroxyl groups is 3. The maximum Gasteiger partial charge on any atom is 0.405 e. The molecule has 0 spiro atoms. The van der Waals surface area contributed by atoms with Crippen LogP contribution < -0.4 is 5.56 Å². The summed E-state index contributed by atoms with van der Waals surface area (Å²) in [5.41, 5.74) is 0.707. The van der Waals surface area contributed by atoms with E-state index < -0.39 is 28.3 Å². The monoisotopic (exact) mass is 597 g/mol. The summed E-state index contributed by atoms with van der Waals surface area (Å²) in [4.78, 5) is 17.8. The molecule has 1 aromatic carbocycles. The molecule has 2 unspecified atom stereocenters. The number of benzene rings is 1.